The highest BCUT2D eigenvalue weighted by atomic mass is 16.5. The Balaban J connectivity index is 2.25. The molecule has 0 fully saturated rings. The monoisotopic (exact) mass is 289 g/mol. The Labute approximate surface area is 127 Å². The number of imidazole rings is 1. The van der Waals surface area contributed by atoms with Crippen LogP contribution in [0.5, 0.6) is 0 Å². The van der Waals surface area contributed by atoms with Gasteiger partial charge in [0.1, 0.15) is 5.82 Å². The fraction of sp³-hybridized carbons (Fsp3) is 0.588. The van der Waals surface area contributed by atoms with Gasteiger partial charge < -0.3 is 15.0 Å². The molecule has 0 radical (unpaired) electrons. The number of nitrogens with two attached hydrogens (primary N) is 1. The SMILES string of the molecule is COCCn1c(CC(N)CC(C)(C)C)nc2ccccc21. The Morgan fingerprint density at radius 1 is 1.29 bits per heavy atom. The van der Waals surface area contributed by atoms with Gasteiger partial charge in [0.15, 0.2) is 0 Å². The molecule has 1 aromatic carbocycles. The molecule has 0 spiro atoms. The second-order valence-electron chi connectivity index (χ2n) is 6.89. The van der Waals surface area contributed by atoms with Gasteiger partial charge in [-0.1, -0.05) is 32.9 Å². The fourth-order valence-electron chi connectivity index (χ4n) is 2.81. The van der Waals surface area contributed by atoms with E-state index >= 15 is 0 Å². The summed E-state index contributed by atoms with van der Waals surface area (Å²) >= 11 is 0. The lowest BCUT2D eigenvalue weighted by atomic mass is 9.87. The molecule has 1 heterocycles. The molecular weight excluding hydrogens is 262 g/mol. The summed E-state index contributed by atoms with van der Waals surface area (Å²) in [6.07, 6.45) is 1.79. The summed E-state index contributed by atoms with van der Waals surface area (Å²) in [6.45, 7) is 8.17. The maximum absolute atomic E-state index is 6.33. The number of para-hydroxylation sites is 2. The molecule has 0 aliphatic carbocycles. The number of methoxy groups -OCH3 is 1. The smallest absolute Gasteiger partial charge is 0.111 e. The van der Waals surface area contributed by atoms with Gasteiger partial charge in [-0.3, -0.25) is 0 Å². The summed E-state index contributed by atoms with van der Waals surface area (Å²) < 4.78 is 7.46. The first kappa shape index (κ1) is 16.0. The number of fused-ring (bicyclic) bond motifs is 1. The van der Waals surface area contributed by atoms with Crippen LogP contribution in [0.1, 0.15) is 33.0 Å². The second kappa shape index (κ2) is 6.58. The van der Waals surface area contributed by atoms with Crippen molar-refractivity contribution < 1.29 is 4.74 Å². The Hall–Kier alpha value is -1.39. The van der Waals surface area contributed by atoms with Gasteiger partial charge >= 0.3 is 0 Å². The number of aromatic nitrogens is 2. The topological polar surface area (TPSA) is 53.1 Å². The maximum Gasteiger partial charge on any atom is 0.111 e. The Morgan fingerprint density at radius 2 is 2.00 bits per heavy atom. The van der Waals surface area contributed by atoms with E-state index in [0.29, 0.717) is 6.61 Å². The molecule has 21 heavy (non-hydrogen) atoms. The summed E-state index contributed by atoms with van der Waals surface area (Å²) in [7, 11) is 1.73. The van der Waals surface area contributed by atoms with Gasteiger partial charge in [0.25, 0.3) is 0 Å². The third-order valence-electron chi connectivity index (χ3n) is 3.57. The highest BCUT2D eigenvalue weighted by molar-refractivity contribution is 5.75. The van der Waals surface area contributed by atoms with Crippen LogP contribution in [0, 0.1) is 5.41 Å². The van der Waals surface area contributed by atoms with E-state index < -0.39 is 0 Å². The third kappa shape index (κ3) is 4.29. The van der Waals surface area contributed by atoms with Gasteiger partial charge in [0.2, 0.25) is 0 Å². The Bertz CT molecular complexity index is 583. The highest BCUT2D eigenvalue weighted by Gasteiger charge is 2.19. The summed E-state index contributed by atoms with van der Waals surface area (Å²) in [5, 5.41) is 0. The zero-order valence-electron chi connectivity index (χ0n) is 13.6. The molecule has 2 N–H and O–H groups in total. The molecule has 0 amide bonds. The van der Waals surface area contributed by atoms with Crippen molar-refractivity contribution in [3.8, 4) is 0 Å². The molecule has 0 bridgehead atoms. The van der Waals surface area contributed by atoms with E-state index in [-0.39, 0.29) is 11.5 Å². The number of hydrogen-bond acceptors (Lipinski definition) is 3. The zero-order chi connectivity index (χ0) is 15.5. The third-order valence-corrected chi connectivity index (χ3v) is 3.57. The number of hydrogen-bond donors (Lipinski definition) is 1. The predicted molar refractivity (Wildman–Crippen MR) is 87.4 cm³/mol. The molecule has 2 rings (SSSR count). The van der Waals surface area contributed by atoms with Crippen LogP contribution >= 0.6 is 0 Å². The van der Waals surface area contributed by atoms with Gasteiger partial charge in [-0.05, 0) is 24.0 Å². The first-order valence-corrected chi connectivity index (χ1v) is 7.59. The maximum atomic E-state index is 6.33. The van der Waals surface area contributed by atoms with Crippen molar-refractivity contribution in [3.05, 3.63) is 30.1 Å². The molecule has 1 atom stereocenters. The molecule has 1 unspecified atom stereocenters. The van der Waals surface area contributed by atoms with Crippen LogP contribution in [0.25, 0.3) is 11.0 Å². The largest absolute Gasteiger partial charge is 0.383 e. The van der Waals surface area contributed by atoms with Gasteiger partial charge in [-0.25, -0.2) is 4.98 Å². The molecule has 0 aliphatic rings. The lowest BCUT2D eigenvalue weighted by Gasteiger charge is -2.23. The van der Waals surface area contributed by atoms with Gasteiger partial charge in [0.05, 0.1) is 17.6 Å². The Kier molecular flexibility index (Phi) is 5.01. The lowest BCUT2D eigenvalue weighted by Crippen LogP contribution is -2.29. The summed E-state index contributed by atoms with van der Waals surface area (Å²) in [6, 6.07) is 8.36. The van der Waals surface area contributed by atoms with E-state index in [2.05, 4.69) is 37.5 Å². The van der Waals surface area contributed by atoms with E-state index in [1.54, 1.807) is 7.11 Å². The first-order chi connectivity index (χ1) is 9.90. The zero-order valence-corrected chi connectivity index (χ0v) is 13.6. The van der Waals surface area contributed by atoms with Crippen molar-refractivity contribution in [1.82, 2.24) is 9.55 Å². The van der Waals surface area contributed by atoms with Gasteiger partial charge in [0, 0.05) is 26.1 Å². The van der Waals surface area contributed by atoms with E-state index in [1.165, 1.54) is 0 Å². The molecule has 0 aliphatic heterocycles. The standard InChI is InChI=1S/C17H27N3O/c1-17(2,3)12-13(18)11-16-19-14-7-5-6-8-15(14)20(16)9-10-21-4/h5-8,13H,9-12,18H2,1-4H3. The van der Waals surface area contributed by atoms with E-state index in [9.17, 15) is 0 Å². The first-order valence-electron chi connectivity index (χ1n) is 7.59. The molecule has 1 aromatic heterocycles. The average molecular weight is 289 g/mol. The van der Waals surface area contributed by atoms with Crippen LogP contribution in [0.2, 0.25) is 0 Å². The minimum absolute atomic E-state index is 0.128. The van der Waals surface area contributed by atoms with E-state index in [0.717, 1.165) is 36.2 Å². The normalized spacial score (nSPS) is 13.8. The van der Waals surface area contributed by atoms with Crippen molar-refractivity contribution in [2.75, 3.05) is 13.7 Å². The fourth-order valence-corrected chi connectivity index (χ4v) is 2.81. The molecule has 0 saturated heterocycles. The Morgan fingerprint density at radius 3 is 2.67 bits per heavy atom. The van der Waals surface area contributed by atoms with Crippen molar-refractivity contribution >= 4 is 11.0 Å². The van der Waals surface area contributed by atoms with Crippen LogP contribution in [0.15, 0.2) is 24.3 Å². The van der Waals surface area contributed by atoms with Crippen LogP contribution in [-0.2, 0) is 17.7 Å². The number of benzene rings is 1. The van der Waals surface area contributed by atoms with Crippen molar-refractivity contribution in [2.45, 2.75) is 46.2 Å². The van der Waals surface area contributed by atoms with Crippen molar-refractivity contribution in [3.63, 3.8) is 0 Å². The van der Waals surface area contributed by atoms with E-state index in [1.807, 2.05) is 12.1 Å². The van der Waals surface area contributed by atoms with Crippen LogP contribution in [0.4, 0.5) is 0 Å². The van der Waals surface area contributed by atoms with Crippen LogP contribution < -0.4 is 5.73 Å². The summed E-state index contributed by atoms with van der Waals surface area (Å²) in [5.41, 5.74) is 8.76. The van der Waals surface area contributed by atoms with Crippen molar-refractivity contribution in [2.24, 2.45) is 11.1 Å². The summed E-state index contributed by atoms with van der Waals surface area (Å²) in [5.74, 6) is 1.06. The number of nitrogens with zero attached hydrogens (tertiary/aromatic N) is 2. The number of ether oxygens (including phenoxy) is 1. The van der Waals surface area contributed by atoms with Crippen LogP contribution in [-0.4, -0.2) is 29.3 Å². The van der Waals surface area contributed by atoms with Gasteiger partial charge in [-0.15, -0.1) is 0 Å². The molecule has 0 saturated carbocycles. The predicted octanol–water partition coefficient (Wildman–Crippen LogP) is 2.99. The highest BCUT2D eigenvalue weighted by Crippen LogP contribution is 2.23. The quantitative estimate of drug-likeness (QED) is 0.889. The molecular formula is C17H27N3O. The average Bonchev–Trinajstić information content (AvgIpc) is 2.71. The molecule has 4 nitrogen and oxygen atoms in total. The molecule has 4 heteroatoms. The second-order valence-corrected chi connectivity index (χ2v) is 6.89. The number of rotatable bonds is 6. The van der Waals surface area contributed by atoms with Gasteiger partial charge in [-0.2, -0.15) is 0 Å². The van der Waals surface area contributed by atoms with Crippen LogP contribution in [0.3, 0.4) is 0 Å². The molecule has 2 aromatic rings. The molecule has 116 valence electrons. The lowest BCUT2D eigenvalue weighted by molar-refractivity contribution is 0.187. The minimum Gasteiger partial charge on any atom is -0.383 e. The van der Waals surface area contributed by atoms with E-state index in [4.69, 9.17) is 15.5 Å². The minimum atomic E-state index is 0.128. The summed E-state index contributed by atoms with van der Waals surface area (Å²) in [4.78, 5) is 4.76. The van der Waals surface area contributed by atoms with Crippen molar-refractivity contribution in [1.29, 1.82) is 0 Å².